The minimum atomic E-state index is -0.261. The normalized spacial score (nSPS) is 25.8. The second kappa shape index (κ2) is 8.16. The fourth-order valence-corrected chi connectivity index (χ4v) is 2.70. The Balaban J connectivity index is 1.83. The summed E-state index contributed by atoms with van der Waals surface area (Å²) >= 11 is 0. The molecule has 0 aliphatic carbocycles. The maximum Gasteiger partial charge on any atom is 0.119 e. The number of allylic oxidation sites excluding steroid dienone is 2. The van der Waals surface area contributed by atoms with E-state index in [0.717, 1.165) is 24.9 Å². The lowest BCUT2D eigenvalue weighted by atomic mass is 9.64. The summed E-state index contributed by atoms with van der Waals surface area (Å²) < 4.78 is 5.81. The van der Waals surface area contributed by atoms with E-state index in [9.17, 15) is 5.11 Å². The number of hydrogen-bond donors (Lipinski definition) is 1. The molecule has 3 atom stereocenters. The van der Waals surface area contributed by atoms with Gasteiger partial charge in [-0.3, -0.25) is 0 Å². The molecule has 0 amide bonds. The largest absolute Gasteiger partial charge is 0.493 e. The smallest absolute Gasteiger partial charge is 0.119 e. The van der Waals surface area contributed by atoms with E-state index < -0.39 is 0 Å². The van der Waals surface area contributed by atoms with Crippen LogP contribution in [-0.2, 0) is 0 Å². The van der Waals surface area contributed by atoms with Gasteiger partial charge in [-0.2, -0.15) is 0 Å². The third-order valence-corrected chi connectivity index (χ3v) is 3.94. The van der Waals surface area contributed by atoms with Gasteiger partial charge in [-0.1, -0.05) is 55.8 Å². The maximum absolute atomic E-state index is 10.1. The quantitative estimate of drug-likeness (QED) is 0.605. The summed E-state index contributed by atoms with van der Waals surface area (Å²) in [6.45, 7) is 2.78. The monoisotopic (exact) mass is 271 g/mol. The molecular formula is C17H24BO2. The number of aliphatic hydroxyl groups excluding tert-OH is 1. The van der Waals surface area contributed by atoms with E-state index in [1.165, 1.54) is 6.42 Å². The summed E-state index contributed by atoms with van der Waals surface area (Å²) in [4.78, 5) is 0. The molecule has 1 radical (unpaired) electrons. The van der Waals surface area contributed by atoms with Gasteiger partial charge in [-0.05, 0) is 25.0 Å². The lowest BCUT2D eigenvalue weighted by Gasteiger charge is -2.22. The Morgan fingerprint density at radius 2 is 2.10 bits per heavy atom. The van der Waals surface area contributed by atoms with Crippen molar-refractivity contribution in [3.63, 3.8) is 0 Å². The van der Waals surface area contributed by atoms with Crippen LogP contribution in [0.2, 0.25) is 12.1 Å². The number of unbranched alkanes of at least 4 members (excludes halogenated alkanes) is 1. The van der Waals surface area contributed by atoms with Crippen LogP contribution in [0.5, 0.6) is 5.75 Å². The summed E-state index contributed by atoms with van der Waals surface area (Å²) in [5, 5.41) is 10.1. The van der Waals surface area contributed by atoms with Crippen molar-refractivity contribution < 1.29 is 9.84 Å². The van der Waals surface area contributed by atoms with Gasteiger partial charge >= 0.3 is 0 Å². The molecule has 1 fully saturated rings. The molecule has 2 nitrogen and oxygen atoms in total. The van der Waals surface area contributed by atoms with Crippen molar-refractivity contribution in [2.75, 3.05) is 6.61 Å². The molecular weight excluding hydrogens is 247 g/mol. The molecule has 1 N–H and O–H groups in total. The lowest BCUT2D eigenvalue weighted by molar-refractivity contribution is 0.0971. The highest BCUT2D eigenvalue weighted by Gasteiger charge is 2.35. The van der Waals surface area contributed by atoms with Crippen LogP contribution in [0, 0.1) is 5.92 Å². The average Bonchev–Trinajstić information content (AvgIpc) is 2.83. The minimum absolute atomic E-state index is 0.210. The van der Waals surface area contributed by atoms with Crippen molar-refractivity contribution >= 4 is 7.28 Å². The van der Waals surface area contributed by atoms with Crippen LogP contribution in [-0.4, -0.2) is 25.1 Å². The zero-order chi connectivity index (χ0) is 14.2. The molecule has 0 aromatic heterocycles. The highest BCUT2D eigenvalue weighted by atomic mass is 16.5. The first kappa shape index (κ1) is 15.2. The fourth-order valence-electron chi connectivity index (χ4n) is 2.70. The number of benzene rings is 1. The van der Waals surface area contributed by atoms with Crippen molar-refractivity contribution in [2.45, 2.75) is 44.4 Å². The Bertz CT molecular complexity index is 405. The summed E-state index contributed by atoms with van der Waals surface area (Å²) in [6, 6.07) is 9.84. The van der Waals surface area contributed by atoms with Gasteiger partial charge in [0.25, 0.3) is 0 Å². The van der Waals surface area contributed by atoms with Crippen molar-refractivity contribution in [3.05, 3.63) is 42.5 Å². The second-order valence-electron chi connectivity index (χ2n) is 5.49. The third-order valence-electron chi connectivity index (χ3n) is 3.94. The van der Waals surface area contributed by atoms with E-state index in [1.54, 1.807) is 0 Å². The predicted octanol–water partition coefficient (Wildman–Crippen LogP) is 3.71. The Morgan fingerprint density at radius 3 is 2.85 bits per heavy atom. The minimum Gasteiger partial charge on any atom is -0.493 e. The number of rotatable bonds is 7. The number of para-hydroxylation sites is 1. The molecule has 1 aliphatic heterocycles. The van der Waals surface area contributed by atoms with Crippen LogP contribution in [0.25, 0.3) is 0 Å². The standard InChI is InChI=1S/C17H24BO2/c1-2-3-4-8-11-16-15(17(19)12-18-16)13-20-14-9-6-5-7-10-14/h4-10,15-17,19H,2-3,11-13H2,1H3/t15-,16-,17-/m1/s1. The van der Waals surface area contributed by atoms with Crippen LogP contribution in [0.4, 0.5) is 0 Å². The number of ether oxygens (including phenoxy) is 1. The molecule has 107 valence electrons. The SMILES string of the molecule is CCCC=CC[C@H]1[B]C[C@@H](O)[C@@H]1COc1ccccc1. The van der Waals surface area contributed by atoms with E-state index in [-0.39, 0.29) is 12.0 Å². The van der Waals surface area contributed by atoms with Crippen LogP contribution in [0.3, 0.4) is 0 Å². The first-order valence-electron chi connectivity index (χ1n) is 7.65. The Labute approximate surface area is 123 Å². The molecule has 1 heterocycles. The first-order chi connectivity index (χ1) is 9.81. The topological polar surface area (TPSA) is 29.5 Å². The predicted molar refractivity (Wildman–Crippen MR) is 84.4 cm³/mol. The van der Waals surface area contributed by atoms with Crippen molar-refractivity contribution in [1.82, 2.24) is 0 Å². The summed E-state index contributed by atoms with van der Waals surface area (Å²) in [6.07, 6.45) is 8.36. The number of hydrogen-bond acceptors (Lipinski definition) is 2. The van der Waals surface area contributed by atoms with Crippen LogP contribution in [0.1, 0.15) is 26.2 Å². The molecule has 1 aromatic carbocycles. The third kappa shape index (κ3) is 4.41. The lowest BCUT2D eigenvalue weighted by Crippen LogP contribution is -2.23. The van der Waals surface area contributed by atoms with Gasteiger partial charge in [0.15, 0.2) is 0 Å². The molecule has 1 aromatic rings. The van der Waals surface area contributed by atoms with E-state index in [1.807, 2.05) is 30.3 Å². The highest BCUT2D eigenvalue weighted by Crippen LogP contribution is 2.35. The average molecular weight is 271 g/mol. The maximum atomic E-state index is 10.1. The van der Waals surface area contributed by atoms with Gasteiger partial charge in [-0.25, -0.2) is 0 Å². The summed E-state index contributed by atoms with van der Waals surface area (Å²) in [5.74, 6) is 1.52. The van der Waals surface area contributed by atoms with Gasteiger partial charge in [-0.15, -0.1) is 0 Å². The summed E-state index contributed by atoms with van der Waals surface area (Å²) in [7, 11) is 2.25. The molecule has 1 saturated heterocycles. The summed E-state index contributed by atoms with van der Waals surface area (Å²) in [5.41, 5.74) is 0. The molecule has 0 saturated carbocycles. The zero-order valence-electron chi connectivity index (χ0n) is 12.2. The zero-order valence-corrected chi connectivity index (χ0v) is 12.2. The van der Waals surface area contributed by atoms with Crippen LogP contribution >= 0.6 is 0 Å². The molecule has 20 heavy (non-hydrogen) atoms. The van der Waals surface area contributed by atoms with Crippen LogP contribution < -0.4 is 4.74 Å². The Hall–Kier alpha value is -1.22. The van der Waals surface area contributed by atoms with Crippen molar-refractivity contribution in [1.29, 1.82) is 0 Å². The molecule has 0 bridgehead atoms. The van der Waals surface area contributed by atoms with Crippen molar-refractivity contribution in [2.24, 2.45) is 5.92 Å². The van der Waals surface area contributed by atoms with E-state index >= 15 is 0 Å². The molecule has 2 rings (SSSR count). The molecule has 3 heteroatoms. The number of aliphatic hydroxyl groups is 1. The van der Waals surface area contributed by atoms with E-state index in [4.69, 9.17) is 4.74 Å². The van der Waals surface area contributed by atoms with E-state index in [2.05, 4.69) is 26.4 Å². The van der Waals surface area contributed by atoms with Crippen LogP contribution in [0.15, 0.2) is 42.5 Å². The first-order valence-corrected chi connectivity index (χ1v) is 7.65. The van der Waals surface area contributed by atoms with Gasteiger partial charge in [0.05, 0.1) is 12.7 Å². The van der Waals surface area contributed by atoms with Gasteiger partial charge in [0.2, 0.25) is 0 Å². The van der Waals surface area contributed by atoms with Crippen molar-refractivity contribution in [3.8, 4) is 5.75 Å². The molecule has 1 aliphatic rings. The molecule has 0 unspecified atom stereocenters. The Morgan fingerprint density at radius 1 is 1.30 bits per heavy atom. The van der Waals surface area contributed by atoms with Gasteiger partial charge in [0.1, 0.15) is 13.0 Å². The highest BCUT2D eigenvalue weighted by molar-refractivity contribution is 6.39. The second-order valence-corrected chi connectivity index (χ2v) is 5.49. The molecule has 0 spiro atoms. The van der Waals surface area contributed by atoms with Gasteiger partial charge < -0.3 is 9.84 Å². The van der Waals surface area contributed by atoms with E-state index in [0.29, 0.717) is 12.4 Å². The Kier molecular flexibility index (Phi) is 6.19. The van der Waals surface area contributed by atoms with Gasteiger partial charge in [0, 0.05) is 5.92 Å². The fraction of sp³-hybridized carbons (Fsp3) is 0.529.